The number of fused-ring (bicyclic) bond motifs is 1. The van der Waals surface area contributed by atoms with Crippen molar-refractivity contribution in [3.63, 3.8) is 0 Å². The number of carbonyl (C=O) groups excluding carboxylic acids is 1. The maximum absolute atomic E-state index is 12.8. The van der Waals surface area contributed by atoms with E-state index in [0.29, 0.717) is 38.8 Å². The molecule has 0 aliphatic rings. The number of nitrogens with zero attached hydrogens (tertiary/aromatic N) is 1. The lowest BCUT2D eigenvalue weighted by Crippen LogP contribution is -2.17. The van der Waals surface area contributed by atoms with Crippen LogP contribution in [-0.2, 0) is 0 Å². The van der Waals surface area contributed by atoms with Crippen LogP contribution < -0.4 is 16.2 Å². The van der Waals surface area contributed by atoms with Crippen molar-refractivity contribution in [2.24, 2.45) is 0 Å². The predicted octanol–water partition coefficient (Wildman–Crippen LogP) is 4.97. The molecule has 5 rings (SSSR count). The second-order valence-electron chi connectivity index (χ2n) is 8.12. The van der Waals surface area contributed by atoms with Gasteiger partial charge in [-0.15, -0.1) is 0 Å². The summed E-state index contributed by atoms with van der Waals surface area (Å²) in [5.74, 6) is -0.0398. The fourth-order valence-electron chi connectivity index (χ4n) is 3.95. The number of para-hydroxylation sites is 1. The SMILES string of the molecule is O=C(Nc1cccc2nc(-c3c(NCC(O)c4ccccc4)cc[nH]c3=O)[nH]c12)c1ccccc1Cl. The number of benzene rings is 3. The third-order valence-corrected chi connectivity index (χ3v) is 6.08. The number of rotatable bonds is 7. The Kier molecular flexibility index (Phi) is 6.53. The Hall–Kier alpha value is -4.40. The third-order valence-electron chi connectivity index (χ3n) is 5.75. The molecule has 9 heteroatoms. The van der Waals surface area contributed by atoms with Gasteiger partial charge in [0.15, 0.2) is 0 Å². The minimum Gasteiger partial charge on any atom is -0.387 e. The molecule has 0 fully saturated rings. The lowest BCUT2D eigenvalue weighted by atomic mass is 10.1. The Labute approximate surface area is 211 Å². The van der Waals surface area contributed by atoms with Crippen molar-refractivity contribution < 1.29 is 9.90 Å². The number of anilines is 2. The molecule has 180 valence electrons. The summed E-state index contributed by atoms with van der Waals surface area (Å²) in [5.41, 5.74) is 3.18. The molecular weight excluding hydrogens is 478 g/mol. The molecule has 0 aliphatic heterocycles. The first-order valence-electron chi connectivity index (χ1n) is 11.2. The van der Waals surface area contributed by atoms with E-state index in [9.17, 15) is 14.7 Å². The van der Waals surface area contributed by atoms with Crippen LogP contribution >= 0.6 is 11.6 Å². The highest BCUT2D eigenvalue weighted by atomic mass is 35.5. The molecule has 1 atom stereocenters. The molecule has 1 amide bonds. The predicted molar refractivity (Wildman–Crippen MR) is 141 cm³/mol. The van der Waals surface area contributed by atoms with Crippen LogP contribution in [0.3, 0.4) is 0 Å². The van der Waals surface area contributed by atoms with E-state index >= 15 is 0 Å². The minimum absolute atomic E-state index is 0.194. The van der Waals surface area contributed by atoms with E-state index in [1.807, 2.05) is 30.3 Å². The molecule has 2 aromatic heterocycles. The molecule has 0 saturated heterocycles. The zero-order valence-electron chi connectivity index (χ0n) is 19.0. The van der Waals surface area contributed by atoms with Crippen LogP contribution in [-0.4, -0.2) is 32.5 Å². The number of H-pyrrole nitrogens is 2. The number of nitrogens with one attached hydrogen (secondary N) is 4. The van der Waals surface area contributed by atoms with E-state index in [0.717, 1.165) is 5.56 Å². The van der Waals surface area contributed by atoms with Gasteiger partial charge in [-0.3, -0.25) is 9.59 Å². The van der Waals surface area contributed by atoms with Crippen LogP contribution in [0.2, 0.25) is 5.02 Å². The van der Waals surface area contributed by atoms with Gasteiger partial charge in [-0.05, 0) is 35.9 Å². The lowest BCUT2D eigenvalue weighted by molar-refractivity contribution is 0.102. The lowest BCUT2D eigenvalue weighted by Gasteiger charge is -2.14. The molecule has 0 saturated carbocycles. The smallest absolute Gasteiger partial charge is 0.261 e. The Morgan fingerprint density at radius 2 is 1.75 bits per heavy atom. The Morgan fingerprint density at radius 3 is 2.56 bits per heavy atom. The molecule has 1 unspecified atom stereocenters. The summed E-state index contributed by atoms with van der Waals surface area (Å²) < 4.78 is 0. The van der Waals surface area contributed by atoms with Crippen LogP contribution in [0.4, 0.5) is 11.4 Å². The van der Waals surface area contributed by atoms with Crippen molar-refractivity contribution in [2.75, 3.05) is 17.2 Å². The second-order valence-corrected chi connectivity index (χ2v) is 8.53. The van der Waals surface area contributed by atoms with Gasteiger partial charge in [-0.2, -0.15) is 0 Å². The number of aromatic nitrogens is 3. The average Bonchev–Trinajstić information content (AvgIpc) is 3.33. The van der Waals surface area contributed by atoms with Gasteiger partial charge in [0.05, 0.1) is 39.1 Å². The number of aromatic amines is 2. The van der Waals surface area contributed by atoms with E-state index in [1.165, 1.54) is 6.20 Å². The molecule has 0 radical (unpaired) electrons. The first-order valence-corrected chi connectivity index (χ1v) is 11.6. The minimum atomic E-state index is -0.763. The van der Waals surface area contributed by atoms with Crippen molar-refractivity contribution in [3.05, 3.63) is 112 Å². The molecule has 3 aromatic carbocycles. The average molecular weight is 500 g/mol. The topological polar surface area (TPSA) is 123 Å². The van der Waals surface area contributed by atoms with Crippen LogP contribution in [0.15, 0.2) is 89.9 Å². The summed E-state index contributed by atoms with van der Waals surface area (Å²) >= 11 is 6.17. The van der Waals surface area contributed by atoms with E-state index < -0.39 is 6.10 Å². The standard InChI is InChI=1S/C27H22ClN5O3/c28-18-10-5-4-9-17(18)26(35)32-21-12-6-11-20-24(21)33-25(31-20)23-19(13-14-29-27(23)36)30-15-22(34)16-7-2-1-3-8-16/h1-14,22,34H,15H2,(H,31,33)(H,32,35)(H2,29,30,36). The molecule has 2 heterocycles. The van der Waals surface area contributed by atoms with Gasteiger partial charge < -0.3 is 25.7 Å². The molecular formula is C27H22ClN5O3. The fraction of sp³-hybridized carbons (Fsp3) is 0.0741. The van der Waals surface area contributed by atoms with Crippen molar-refractivity contribution in [1.82, 2.24) is 15.0 Å². The Bertz CT molecular complexity index is 1600. The summed E-state index contributed by atoms with van der Waals surface area (Å²) in [5, 5.41) is 16.9. The van der Waals surface area contributed by atoms with Gasteiger partial charge in [0.2, 0.25) is 0 Å². The van der Waals surface area contributed by atoms with Gasteiger partial charge >= 0.3 is 0 Å². The van der Waals surface area contributed by atoms with Crippen molar-refractivity contribution in [3.8, 4) is 11.4 Å². The van der Waals surface area contributed by atoms with E-state index in [2.05, 4.69) is 25.6 Å². The quantitative estimate of drug-likeness (QED) is 0.216. The largest absolute Gasteiger partial charge is 0.387 e. The van der Waals surface area contributed by atoms with Gasteiger partial charge in [0.1, 0.15) is 11.4 Å². The van der Waals surface area contributed by atoms with Crippen LogP contribution in [0, 0.1) is 0 Å². The van der Waals surface area contributed by atoms with E-state index in [1.54, 1.807) is 48.5 Å². The highest BCUT2D eigenvalue weighted by Crippen LogP contribution is 2.29. The molecule has 0 spiro atoms. The molecule has 8 nitrogen and oxygen atoms in total. The van der Waals surface area contributed by atoms with Gasteiger partial charge in [-0.1, -0.05) is 60.1 Å². The summed E-state index contributed by atoms with van der Waals surface area (Å²) in [6.07, 6.45) is 0.765. The normalized spacial score (nSPS) is 11.8. The number of halogens is 1. The summed E-state index contributed by atoms with van der Waals surface area (Å²) in [4.78, 5) is 36.1. The maximum Gasteiger partial charge on any atom is 0.261 e. The number of hydrogen-bond donors (Lipinski definition) is 5. The first kappa shape index (κ1) is 23.3. The molecule has 5 N–H and O–H groups in total. The maximum atomic E-state index is 12.8. The fourth-order valence-corrected chi connectivity index (χ4v) is 4.17. The second kappa shape index (κ2) is 10.1. The molecule has 0 aliphatic carbocycles. The Balaban J connectivity index is 1.46. The zero-order valence-corrected chi connectivity index (χ0v) is 19.7. The van der Waals surface area contributed by atoms with Crippen LogP contribution in [0.1, 0.15) is 22.0 Å². The van der Waals surface area contributed by atoms with E-state index in [-0.39, 0.29) is 23.6 Å². The van der Waals surface area contributed by atoms with Crippen LogP contribution in [0.5, 0.6) is 0 Å². The number of pyridine rings is 1. The van der Waals surface area contributed by atoms with Gasteiger partial charge in [-0.25, -0.2) is 4.98 Å². The van der Waals surface area contributed by atoms with Gasteiger partial charge in [0.25, 0.3) is 11.5 Å². The summed E-state index contributed by atoms with van der Waals surface area (Å²) in [7, 11) is 0. The number of amides is 1. The Morgan fingerprint density at radius 1 is 0.972 bits per heavy atom. The summed E-state index contributed by atoms with van der Waals surface area (Å²) in [6, 6.07) is 23.0. The number of aliphatic hydroxyl groups excluding tert-OH is 1. The van der Waals surface area contributed by atoms with Gasteiger partial charge in [0, 0.05) is 12.7 Å². The highest BCUT2D eigenvalue weighted by Gasteiger charge is 2.18. The van der Waals surface area contributed by atoms with E-state index in [4.69, 9.17) is 11.6 Å². The molecule has 36 heavy (non-hydrogen) atoms. The van der Waals surface area contributed by atoms with Crippen molar-refractivity contribution in [1.29, 1.82) is 0 Å². The monoisotopic (exact) mass is 499 g/mol. The van der Waals surface area contributed by atoms with Crippen LogP contribution in [0.25, 0.3) is 22.4 Å². The molecule has 5 aromatic rings. The number of carbonyl (C=O) groups is 1. The van der Waals surface area contributed by atoms with Crippen molar-refractivity contribution >= 4 is 39.9 Å². The number of imidazole rings is 1. The summed E-state index contributed by atoms with van der Waals surface area (Å²) in [6.45, 7) is 0.194. The highest BCUT2D eigenvalue weighted by molar-refractivity contribution is 6.34. The number of aliphatic hydroxyl groups is 1. The third kappa shape index (κ3) is 4.72. The first-order chi connectivity index (χ1) is 17.5. The van der Waals surface area contributed by atoms with Crippen molar-refractivity contribution in [2.45, 2.75) is 6.10 Å². The molecule has 0 bridgehead atoms. The zero-order chi connectivity index (χ0) is 25.1. The number of hydrogen-bond acceptors (Lipinski definition) is 5.